The fourth-order valence-electron chi connectivity index (χ4n) is 5.36. The molecule has 5 rings (SSSR count). The summed E-state index contributed by atoms with van der Waals surface area (Å²) in [6.07, 6.45) is 0.513. The Morgan fingerprint density at radius 3 is 1.93 bits per heavy atom. The molecule has 0 spiro atoms. The molecule has 43 heavy (non-hydrogen) atoms. The number of piperazine rings is 1. The summed E-state index contributed by atoms with van der Waals surface area (Å²) in [6.45, 7) is 1.17. The third-order valence-corrected chi connectivity index (χ3v) is 11.5. The minimum absolute atomic E-state index is 0.0962. The maximum Gasteiger partial charge on any atom is 0.270 e. The van der Waals surface area contributed by atoms with Gasteiger partial charge in [-0.2, -0.15) is 8.61 Å². The van der Waals surface area contributed by atoms with Gasteiger partial charge in [0.1, 0.15) is 5.75 Å². The molecule has 0 aromatic heterocycles. The summed E-state index contributed by atoms with van der Waals surface area (Å²) in [7, 11) is -3.28. The molecular weight excluding hydrogens is 600 g/mol. The molecule has 2 heterocycles. The Labute approximate surface area is 250 Å². The predicted octanol–water partition coefficient (Wildman–Crippen LogP) is 2.88. The summed E-state index contributed by atoms with van der Waals surface area (Å²) in [5.41, 5.74) is 2.05. The Morgan fingerprint density at radius 2 is 1.30 bits per heavy atom. The highest BCUT2D eigenvalue weighted by molar-refractivity contribution is 7.89. The maximum absolute atomic E-state index is 13.8. The van der Waals surface area contributed by atoms with Crippen LogP contribution in [0.3, 0.4) is 0 Å². The summed E-state index contributed by atoms with van der Waals surface area (Å²) < 4.78 is 73.0. The molecule has 0 unspecified atom stereocenters. The van der Waals surface area contributed by atoms with Gasteiger partial charge in [0, 0.05) is 51.4 Å². The zero-order valence-corrected chi connectivity index (χ0v) is 25.6. The topological polar surface area (TPSA) is 149 Å². The predicted molar refractivity (Wildman–Crippen MR) is 158 cm³/mol. The van der Waals surface area contributed by atoms with Crippen LogP contribution in [0.4, 0.5) is 11.4 Å². The summed E-state index contributed by atoms with van der Waals surface area (Å²) >= 11 is 0. The molecule has 0 N–H and O–H groups in total. The number of ether oxygens (including phenoxy) is 3. The number of methoxy groups -OCH3 is 3. The van der Waals surface area contributed by atoms with E-state index in [-0.39, 0.29) is 48.2 Å². The molecule has 0 amide bonds. The number of sulfonamides is 2. The van der Waals surface area contributed by atoms with Crippen LogP contribution in [0, 0.1) is 10.1 Å². The van der Waals surface area contributed by atoms with Gasteiger partial charge in [-0.25, -0.2) is 16.8 Å². The van der Waals surface area contributed by atoms with E-state index in [1.807, 2.05) is 11.0 Å². The molecule has 230 valence electrons. The molecule has 1 fully saturated rings. The molecule has 0 saturated carbocycles. The van der Waals surface area contributed by atoms with Crippen molar-refractivity contribution >= 4 is 31.4 Å². The Hall–Kier alpha value is -3.92. The van der Waals surface area contributed by atoms with Crippen molar-refractivity contribution in [2.75, 3.05) is 59.0 Å². The van der Waals surface area contributed by atoms with Gasteiger partial charge < -0.3 is 19.1 Å². The van der Waals surface area contributed by atoms with Crippen molar-refractivity contribution in [1.29, 1.82) is 0 Å². The number of anilines is 1. The monoisotopic (exact) mass is 632 g/mol. The fraction of sp³-hybridized carbons (Fsp3) is 0.357. The first-order valence-electron chi connectivity index (χ1n) is 13.4. The Morgan fingerprint density at radius 1 is 0.698 bits per heavy atom. The van der Waals surface area contributed by atoms with Crippen molar-refractivity contribution in [3.63, 3.8) is 0 Å². The highest BCUT2D eigenvalue weighted by Gasteiger charge is 2.33. The third kappa shape index (κ3) is 5.85. The first-order chi connectivity index (χ1) is 20.5. The van der Waals surface area contributed by atoms with Crippen LogP contribution in [0.25, 0.3) is 0 Å². The highest BCUT2D eigenvalue weighted by atomic mass is 32.2. The number of nitrogens with zero attached hydrogens (tertiary/aromatic N) is 4. The second-order valence-corrected chi connectivity index (χ2v) is 13.9. The van der Waals surface area contributed by atoms with Crippen LogP contribution in [0.5, 0.6) is 17.2 Å². The van der Waals surface area contributed by atoms with Crippen molar-refractivity contribution in [2.24, 2.45) is 0 Å². The Kier molecular flexibility index (Phi) is 8.51. The number of nitro groups is 1. The first kappa shape index (κ1) is 30.5. The number of nitro benzene ring substituents is 1. The number of non-ortho nitro benzene ring substituents is 1. The van der Waals surface area contributed by atoms with Crippen LogP contribution in [-0.4, -0.2) is 84.4 Å². The molecule has 2 aliphatic heterocycles. The zero-order chi connectivity index (χ0) is 30.9. The number of fused-ring (bicyclic) bond motifs is 1. The normalized spacial score (nSPS) is 16.4. The quantitative estimate of drug-likeness (QED) is 0.255. The van der Waals surface area contributed by atoms with E-state index in [2.05, 4.69) is 0 Å². The van der Waals surface area contributed by atoms with Gasteiger partial charge >= 0.3 is 0 Å². The summed E-state index contributed by atoms with van der Waals surface area (Å²) in [6, 6.07) is 13.3. The molecule has 15 heteroatoms. The molecule has 3 aromatic carbocycles. The van der Waals surface area contributed by atoms with Crippen LogP contribution >= 0.6 is 0 Å². The van der Waals surface area contributed by atoms with Crippen molar-refractivity contribution < 1.29 is 36.0 Å². The summed E-state index contributed by atoms with van der Waals surface area (Å²) in [5, 5.41) is 11.1. The van der Waals surface area contributed by atoms with Crippen LogP contribution in [-0.2, 0) is 33.0 Å². The van der Waals surface area contributed by atoms with E-state index in [1.54, 1.807) is 25.3 Å². The van der Waals surface area contributed by atoms with Crippen LogP contribution in [0.15, 0.2) is 64.4 Å². The molecule has 0 bridgehead atoms. The van der Waals surface area contributed by atoms with E-state index < -0.39 is 25.0 Å². The van der Waals surface area contributed by atoms with E-state index >= 15 is 0 Å². The van der Waals surface area contributed by atoms with Crippen molar-refractivity contribution in [1.82, 2.24) is 8.61 Å². The largest absolute Gasteiger partial charge is 0.495 e. The van der Waals surface area contributed by atoms with Gasteiger partial charge in [-0.3, -0.25) is 10.1 Å². The van der Waals surface area contributed by atoms with Gasteiger partial charge in [-0.1, -0.05) is 6.07 Å². The Balaban J connectivity index is 1.36. The zero-order valence-electron chi connectivity index (χ0n) is 23.9. The molecule has 2 aliphatic rings. The van der Waals surface area contributed by atoms with E-state index in [4.69, 9.17) is 14.2 Å². The smallest absolute Gasteiger partial charge is 0.270 e. The highest BCUT2D eigenvalue weighted by Crippen LogP contribution is 2.37. The van der Waals surface area contributed by atoms with Crippen molar-refractivity contribution in [3.8, 4) is 17.2 Å². The lowest BCUT2D eigenvalue weighted by atomic mass is 10.0. The lowest BCUT2D eigenvalue weighted by molar-refractivity contribution is -0.385. The molecule has 3 aromatic rings. The lowest BCUT2D eigenvalue weighted by Crippen LogP contribution is -2.48. The van der Waals surface area contributed by atoms with Crippen LogP contribution in [0.2, 0.25) is 0 Å². The van der Waals surface area contributed by atoms with E-state index in [0.717, 1.165) is 17.2 Å². The second-order valence-electron chi connectivity index (χ2n) is 10.0. The average Bonchev–Trinajstić information content (AvgIpc) is 3.03. The molecule has 0 atom stereocenters. The van der Waals surface area contributed by atoms with Gasteiger partial charge in [0.05, 0.1) is 41.7 Å². The van der Waals surface area contributed by atoms with Crippen molar-refractivity contribution in [2.45, 2.75) is 22.8 Å². The average molecular weight is 633 g/mol. The summed E-state index contributed by atoms with van der Waals surface area (Å²) in [5.74, 6) is 1.57. The fourth-order valence-corrected chi connectivity index (χ4v) is 8.27. The summed E-state index contributed by atoms with van der Waals surface area (Å²) in [4.78, 5) is 12.3. The molecular formula is C28H32N4O9S2. The molecule has 13 nitrogen and oxygen atoms in total. The standard InChI is InChI=1S/C28H32N4O9S2/c1-39-26-8-7-24(43(37,38)31-10-9-20-15-27(40-2)28(41-3)16-21(20)19-31)18-25(26)29-11-13-30(14-12-29)42(35,36)23-6-4-5-22(17-23)32(33)34/h4-8,15-18H,9-14,19H2,1-3H3. The van der Waals surface area contributed by atoms with E-state index in [9.17, 15) is 26.9 Å². The van der Waals surface area contributed by atoms with Gasteiger partial charge in [0.15, 0.2) is 11.5 Å². The van der Waals surface area contributed by atoms with Gasteiger partial charge in [0.25, 0.3) is 5.69 Å². The van der Waals surface area contributed by atoms with Crippen LogP contribution < -0.4 is 19.1 Å². The van der Waals surface area contributed by atoms with Crippen LogP contribution in [0.1, 0.15) is 11.1 Å². The van der Waals surface area contributed by atoms with Crippen molar-refractivity contribution in [3.05, 3.63) is 75.8 Å². The maximum atomic E-state index is 13.8. The van der Waals surface area contributed by atoms with Gasteiger partial charge in [-0.15, -0.1) is 0 Å². The number of hydrogen-bond donors (Lipinski definition) is 0. The minimum Gasteiger partial charge on any atom is -0.495 e. The van der Waals surface area contributed by atoms with E-state index in [1.165, 1.54) is 47.1 Å². The third-order valence-electron chi connectivity index (χ3n) is 7.72. The second kappa shape index (κ2) is 12.0. The Bertz CT molecular complexity index is 1760. The van der Waals surface area contributed by atoms with Gasteiger partial charge in [0.2, 0.25) is 20.0 Å². The number of hydrogen-bond acceptors (Lipinski definition) is 10. The lowest BCUT2D eigenvalue weighted by Gasteiger charge is -2.36. The van der Waals surface area contributed by atoms with E-state index in [0.29, 0.717) is 35.9 Å². The first-order valence-corrected chi connectivity index (χ1v) is 16.3. The number of benzene rings is 3. The number of rotatable bonds is 9. The SMILES string of the molecule is COc1cc2c(cc1OC)CN(S(=O)(=O)c1ccc(OC)c(N3CCN(S(=O)(=O)c4cccc([N+](=O)[O-])c4)CC3)c1)CC2. The molecule has 1 saturated heterocycles. The van der Waals surface area contributed by atoms with Gasteiger partial charge in [-0.05, 0) is 53.9 Å². The minimum atomic E-state index is -3.97. The molecule has 0 radical (unpaired) electrons. The molecule has 0 aliphatic carbocycles.